The van der Waals surface area contributed by atoms with Crippen molar-refractivity contribution in [1.82, 2.24) is 15.1 Å². The van der Waals surface area contributed by atoms with Crippen LogP contribution in [-0.2, 0) is 34.0 Å². The van der Waals surface area contributed by atoms with Crippen molar-refractivity contribution in [3.63, 3.8) is 0 Å². The first-order valence-corrected chi connectivity index (χ1v) is 12.2. The van der Waals surface area contributed by atoms with Crippen LogP contribution in [0.1, 0.15) is 55.1 Å². The van der Waals surface area contributed by atoms with E-state index in [2.05, 4.69) is 10.2 Å². The highest BCUT2D eigenvalue weighted by molar-refractivity contribution is 6.05. The summed E-state index contributed by atoms with van der Waals surface area (Å²) in [5.41, 5.74) is 2.12. The van der Waals surface area contributed by atoms with Gasteiger partial charge in [0.15, 0.2) is 0 Å². The molecule has 0 radical (unpaired) electrons. The minimum Gasteiger partial charge on any atom is -0.488 e. The van der Waals surface area contributed by atoms with Crippen molar-refractivity contribution in [3.8, 4) is 5.75 Å². The maximum Gasteiger partial charge on any atom is 0.255 e. The Morgan fingerprint density at radius 2 is 1.94 bits per heavy atom. The van der Waals surface area contributed by atoms with Gasteiger partial charge in [-0.3, -0.25) is 24.6 Å². The van der Waals surface area contributed by atoms with E-state index in [9.17, 15) is 18.8 Å². The smallest absolute Gasteiger partial charge is 0.255 e. The van der Waals surface area contributed by atoms with E-state index in [0.717, 1.165) is 23.6 Å². The molecule has 3 heterocycles. The standard InChI is InChI=1S/C27H30FN3O5/c1-16-11-30(12-17(2)36-16)13-18-6-7-19(22(28)10-18)15-35-24-5-3-4-20-21(24)14-31(27(20)34)23-8-9-25(32)29-26(23)33/h3-7,10,16-17,23H,8-9,11-15H2,1-2H3,(H,29,32,33)/i23D. The van der Waals surface area contributed by atoms with E-state index in [1.54, 1.807) is 24.3 Å². The van der Waals surface area contributed by atoms with Crippen LogP contribution in [0.5, 0.6) is 5.75 Å². The van der Waals surface area contributed by atoms with Gasteiger partial charge in [0, 0.05) is 42.7 Å². The fourth-order valence-corrected chi connectivity index (χ4v) is 5.16. The van der Waals surface area contributed by atoms with Crippen molar-refractivity contribution in [1.29, 1.82) is 0 Å². The van der Waals surface area contributed by atoms with E-state index in [1.165, 1.54) is 6.07 Å². The molecule has 0 saturated carbocycles. The summed E-state index contributed by atoms with van der Waals surface area (Å²) in [5, 5.41) is 2.15. The summed E-state index contributed by atoms with van der Waals surface area (Å²) in [4.78, 5) is 40.5. The summed E-state index contributed by atoms with van der Waals surface area (Å²) in [7, 11) is 0. The molecule has 3 atom stereocenters. The Kier molecular flexibility index (Phi) is 6.41. The summed E-state index contributed by atoms with van der Waals surface area (Å²) in [6.07, 6.45) is 0.179. The quantitative estimate of drug-likeness (QED) is 0.619. The topological polar surface area (TPSA) is 88.2 Å². The highest BCUT2D eigenvalue weighted by atomic mass is 19.1. The molecular weight excluding hydrogens is 465 g/mol. The third-order valence-electron chi connectivity index (χ3n) is 6.76. The summed E-state index contributed by atoms with van der Waals surface area (Å²) in [5.74, 6) is -1.71. The molecule has 0 spiro atoms. The molecule has 2 saturated heterocycles. The van der Waals surface area contributed by atoms with Crippen LogP contribution in [-0.4, -0.2) is 58.8 Å². The summed E-state index contributed by atoms with van der Waals surface area (Å²) in [6, 6.07) is 8.20. The maximum atomic E-state index is 14.9. The van der Waals surface area contributed by atoms with Gasteiger partial charge in [0.25, 0.3) is 5.91 Å². The average Bonchev–Trinajstić information content (AvgIpc) is 3.18. The Morgan fingerprint density at radius 3 is 2.67 bits per heavy atom. The number of amides is 3. The van der Waals surface area contributed by atoms with Crippen molar-refractivity contribution < 1.29 is 29.6 Å². The molecule has 0 bridgehead atoms. The maximum absolute atomic E-state index is 14.9. The molecule has 2 fully saturated rings. The lowest BCUT2D eigenvalue weighted by molar-refractivity contribution is -0.136. The zero-order chi connectivity index (χ0) is 26.3. The van der Waals surface area contributed by atoms with Gasteiger partial charge in [-0.15, -0.1) is 0 Å². The lowest BCUT2D eigenvalue weighted by Crippen LogP contribution is -2.52. The molecule has 190 valence electrons. The van der Waals surface area contributed by atoms with E-state index in [4.69, 9.17) is 10.8 Å². The van der Waals surface area contributed by atoms with E-state index in [1.807, 2.05) is 19.9 Å². The van der Waals surface area contributed by atoms with Gasteiger partial charge in [0.1, 0.15) is 24.2 Å². The number of hydrogen-bond donors (Lipinski definition) is 1. The third-order valence-corrected chi connectivity index (χ3v) is 6.76. The molecule has 5 rings (SSSR count). The van der Waals surface area contributed by atoms with Gasteiger partial charge in [-0.25, -0.2) is 4.39 Å². The van der Waals surface area contributed by atoms with Gasteiger partial charge >= 0.3 is 0 Å². The number of ether oxygens (including phenoxy) is 2. The van der Waals surface area contributed by atoms with Gasteiger partial charge in [-0.1, -0.05) is 18.2 Å². The van der Waals surface area contributed by atoms with E-state index < -0.39 is 23.7 Å². The largest absolute Gasteiger partial charge is 0.488 e. The summed E-state index contributed by atoms with van der Waals surface area (Å²) < 4.78 is 35.3. The number of piperidine rings is 1. The fraction of sp³-hybridized carbons (Fsp3) is 0.444. The first-order valence-electron chi connectivity index (χ1n) is 12.7. The second kappa shape index (κ2) is 9.99. The lowest BCUT2D eigenvalue weighted by atomic mass is 10.0. The minimum absolute atomic E-state index is 0.00668. The first kappa shape index (κ1) is 23.1. The third kappa shape index (κ3) is 4.99. The first-order chi connectivity index (χ1) is 17.6. The Hall–Kier alpha value is -3.30. The van der Waals surface area contributed by atoms with E-state index in [0.29, 0.717) is 29.0 Å². The molecule has 3 amide bonds. The van der Waals surface area contributed by atoms with Crippen molar-refractivity contribution in [2.45, 2.75) is 64.6 Å². The van der Waals surface area contributed by atoms with Crippen molar-refractivity contribution >= 4 is 17.7 Å². The summed E-state index contributed by atoms with van der Waals surface area (Å²) in [6.45, 7) is 6.24. The number of halogens is 1. The number of rotatable bonds is 6. The van der Waals surface area contributed by atoms with Crippen LogP contribution in [0.4, 0.5) is 4.39 Å². The Balaban J connectivity index is 1.27. The number of benzene rings is 2. The number of hydrogen-bond acceptors (Lipinski definition) is 6. The van der Waals surface area contributed by atoms with Crippen LogP contribution in [0.15, 0.2) is 36.4 Å². The normalized spacial score (nSPS) is 27.0. The van der Waals surface area contributed by atoms with Gasteiger partial charge in [-0.2, -0.15) is 0 Å². The molecule has 1 N–H and O–H groups in total. The molecule has 2 aromatic carbocycles. The highest BCUT2D eigenvalue weighted by Gasteiger charge is 2.40. The van der Waals surface area contributed by atoms with Crippen LogP contribution >= 0.6 is 0 Å². The van der Waals surface area contributed by atoms with E-state index >= 15 is 0 Å². The number of morpholine rings is 1. The van der Waals surface area contributed by atoms with Gasteiger partial charge < -0.3 is 14.4 Å². The van der Waals surface area contributed by atoms with E-state index in [-0.39, 0.29) is 44.0 Å². The van der Waals surface area contributed by atoms with Crippen molar-refractivity contribution in [2.75, 3.05) is 13.1 Å². The van der Waals surface area contributed by atoms with Crippen LogP contribution in [0.3, 0.4) is 0 Å². The number of carbonyl (C=O) groups excluding carboxylic acids is 3. The minimum atomic E-state index is -1.88. The van der Waals surface area contributed by atoms with Crippen LogP contribution < -0.4 is 10.1 Å². The number of nitrogens with zero attached hydrogens (tertiary/aromatic N) is 2. The molecule has 9 heteroatoms. The SMILES string of the molecule is [2H]C1(N2Cc3c(OCc4ccc(CN5CC(C)OC(C)C5)cc4F)cccc3C2=O)CCC(=O)NC1=O. The average molecular weight is 497 g/mol. The Morgan fingerprint density at radius 1 is 1.17 bits per heavy atom. The van der Waals surface area contributed by atoms with Crippen molar-refractivity contribution in [3.05, 3.63) is 64.5 Å². The lowest BCUT2D eigenvalue weighted by Gasteiger charge is -2.35. The zero-order valence-corrected chi connectivity index (χ0v) is 20.4. The highest BCUT2D eigenvalue weighted by Crippen LogP contribution is 2.34. The number of fused-ring (bicyclic) bond motifs is 1. The molecule has 3 aliphatic heterocycles. The second-order valence-electron chi connectivity index (χ2n) is 9.66. The molecule has 0 aromatic heterocycles. The van der Waals surface area contributed by atoms with Crippen LogP contribution in [0, 0.1) is 5.82 Å². The number of nitrogens with one attached hydrogen (secondary N) is 1. The van der Waals surface area contributed by atoms with Gasteiger partial charge in [-0.05, 0) is 44.0 Å². The van der Waals surface area contributed by atoms with Crippen molar-refractivity contribution in [2.24, 2.45) is 0 Å². The monoisotopic (exact) mass is 496 g/mol. The number of imide groups is 1. The molecule has 2 aromatic rings. The number of carbonyl (C=O) groups is 3. The fourth-order valence-electron chi connectivity index (χ4n) is 5.16. The second-order valence-corrected chi connectivity index (χ2v) is 9.66. The zero-order valence-electron chi connectivity index (χ0n) is 21.4. The van der Waals surface area contributed by atoms with Gasteiger partial charge in [0.2, 0.25) is 11.8 Å². The molecule has 3 aliphatic rings. The summed E-state index contributed by atoms with van der Waals surface area (Å²) >= 11 is 0. The molecule has 36 heavy (non-hydrogen) atoms. The molecule has 3 unspecified atom stereocenters. The predicted molar refractivity (Wildman–Crippen MR) is 129 cm³/mol. The van der Waals surface area contributed by atoms with Crippen LogP contribution in [0.2, 0.25) is 0 Å². The Bertz CT molecular complexity index is 1250. The molecule has 8 nitrogen and oxygen atoms in total. The van der Waals surface area contributed by atoms with Crippen LogP contribution in [0.25, 0.3) is 0 Å². The molecular formula is C27H30FN3O5. The van der Waals surface area contributed by atoms with Gasteiger partial charge in [0.05, 0.1) is 20.1 Å². The predicted octanol–water partition coefficient (Wildman–Crippen LogP) is 2.77. The molecule has 0 aliphatic carbocycles. The Labute approximate surface area is 210 Å².